The van der Waals surface area contributed by atoms with Crippen molar-refractivity contribution in [3.8, 4) is 0 Å². The van der Waals surface area contributed by atoms with Crippen molar-refractivity contribution < 1.29 is 13.6 Å². The van der Waals surface area contributed by atoms with Gasteiger partial charge in [0.1, 0.15) is 5.69 Å². The molecule has 1 amide bonds. The van der Waals surface area contributed by atoms with Crippen molar-refractivity contribution in [3.63, 3.8) is 0 Å². The van der Waals surface area contributed by atoms with Crippen LogP contribution in [0.1, 0.15) is 30.1 Å². The third-order valence-corrected chi connectivity index (χ3v) is 3.46. The van der Waals surface area contributed by atoms with Crippen molar-refractivity contribution in [3.05, 3.63) is 29.3 Å². The zero-order chi connectivity index (χ0) is 14.0. The van der Waals surface area contributed by atoms with Crippen LogP contribution in [0.3, 0.4) is 0 Å². The second kappa shape index (κ2) is 5.52. The number of benzene rings is 1. The number of hydrogen-bond acceptors (Lipinski definition) is 3. The summed E-state index contributed by atoms with van der Waals surface area (Å²) in [4.78, 5) is 11.8. The molecule has 0 saturated heterocycles. The average Bonchev–Trinajstić information content (AvgIpc) is 3.19. The number of nitrogens with two attached hydrogens (primary N) is 1. The normalized spacial score (nSPS) is 16.0. The van der Waals surface area contributed by atoms with Crippen molar-refractivity contribution in [2.75, 3.05) is 12.0 Å². The molecule has 0 bridgehead atoms. The highest BCUT2D eigenvalue weighted by Crippen LogP contribution is 2.36. The minimum Gasteiger partial charge on any atom is -0.352 e. The molecule has 1 saturated carbocycles. The van der Waals surface area contributed by atoms with Crippen molar-refractivity contribution in [1.29, 1.82) is 0 Å². The van der Waals surface area contributed by atoms with Crippen molar-refractivity contribution in [2.24, 2.45) is 17.7 Å². The number of nitrogens with one attached hydrogen (secondary N) is 2. The monoisotopic (exact) mass is 269 g/mol. The van der Waals surface area contributed by atoms with E-state index in [0.29, 0.717) is 18.4 Å². The summed E-state index contributed by atoms with van der Waals surface area (Å²) in [6, 6.07) is 1.94. The summed E-state index contributed by atoms with van der Waals surface area (Å²) in [6.07, 6.45) is 2.38. The maximum atomic E-state index is 13.4. The number of hydrogen-bond donors (Lipinski definition) is 3. The van der Waals surface area contributed by atoms with Crippen LogP contribution in [0, 0.1) is 23.5 Å². The Morgan fingerprint density at radius 2 is 2.00 bits per heavy atom. The predicted molar refractivity (Wildman–Crippen MR) is 68.4 cm³/mol. The van der Waals surface area contributed by atoms with E-state index in [1.807, 2.05) is 5.43 Å². The summed E-state index contributed by atoms with van der Waals surface area (Å²) in [5, 5.41) is 2.69. The number of rotatable bonds is 5. The zero-order valence-corrected chi connectivity index (χ0v) is 10.7. The Hall–Kier alpha value is -1.69. The standard InChI is InChI=1S/C13H17F2N3O/c1-7(8-2-3-8)6-17-13(19)9-4-10(14)12(18-16)11(15)5-9/h4-5,7-8,18H,2-3,6,16H2,1H3,(H,17,19). The highest BCUT2D eigenvalue weighted by molar-refractivity contribution is 5.94. The fourth-order valence-corrected chi connectivity index (χ4v) is 2.03. The van der Waals surface area contributed by atoms with Gasteiger partial charge in [0, 0.05) is 12.1 Å². The van der Waals surface area contributed by atoms with Crippen LogP contribution in [0.15, 0.2) is 12.1 Å². The second-order valence-corrected chi connectivity index (χ2v) is 4.98. The molecule has 1 atom stereocenters. The van der Waals surface area contributed by atoms with E-state index in [9.17, 15) is 13.6 Å². The molecule has 4 N–H and O–H groups in total. The summed E-state index contributed by atoms with van der Waals surface area (Å²) in [6.45, 7) is 2.57. The van der Waals surface area contributed by atoms with Gasteiger partial charge >= 0.3 is 0 Å². The molecule has 1 aliphatic carbocycles. The SMILES string of the molecule is CC(CNC(=O)c1cc(F)c(NN)c(F)c1)C1CC1. The molecule has 0 spiro atoms. The number of carbonyl (C=O) groups is 1. The largest absolute Gasteiger partial charge is 0.352 e. The summed E-state index contributed by atoms with van der Waals surface area (Å²) in [5.74, 6) is 3.79. The first-order chi connectivity index (χ1) is 9.02. The second-order valence-electron chi connectivity index (χ2n) is 4.98. The Bertz CT molecular complexity index is 466. The van der Waals surface area contributed by atoms with Gasteiger partial charge in [-0.15, -0.1) is 0 Å². The van der Waals surface area contributed by atoms with Crippen LogP contribution >= 0.6 is 0 Å². The molecular weight excluding hydrogens is 252 g/mol. The lowest BCUT2D eigenvalue weighted by Gasteiger charge is -2.12. The number of nitrogen functional groups attached to an aromatic ring is 1. The molecule has 1 aromatic rings. The van der Waals surface area contributed by atoms with Gasteiger partial charge in [-0.3, -0.25) is 10.6 Å². The molecule has 1 aromatic carbocycles. The van der Waals surface area contributed by atoms with E-state index in [1.165, 1.54) is 12.8 Å². The van der Waals surface area contributed by atoms with E-state index in [4.69, 9.17) is 5.84 Å². The predicted octanol–water partition coefficient (Wildman–Crippen LogP) is 2.03. The number of halogens is 2. The van der Waals surface area contributed by atoms with Gasteiger partial charge in [0.25, 0.3) is 5.91 Å². The van der Waals surface area contributed by atoms with Crippen LogP contribution in [0.25, 0.3) is 0 Å². The Labute approximate surface area is 110 Å². The van der Waals surface area contributed by atoms with Crippen LogP contribution in [0.5, 0.6) is 0 Å². The molecule has 0 aliphatic heterocycles. The number of carbonyl (C=O) groups excluding carboxylic acids is 1. The fourth-order valence-electron chi connectivity index (χ4n) is 2.03. The molecule has 1 unspecified atom stereocenters. The quantitative estimate of drug-likeness (QED) is 0.566. The molecule has 2 rings (SSSR count). The van der Waals surface area contributed by atoms with E-state index in [2.05, 4.69) is 12.2 Å². The van der Waals surface area contributed by atoms with Crippen molar-refractivity contribution in [1.82, 2.24) is 5.32 Å². The molecule has 4 nitrogen and oxygen atoms in total. The summed E-state index contributed by atoms with van der Waals surface area (Å²) >= 11 is 0. The lowest BCUT2D eigenvalue weighted by molar-refractivity contribution is 0.0946. The van der Waals surface area contributed by atoms with E-state index < -0.39 is 23.2 Å². The fraction of sp³-hybridized carbons (Fsp3) is 0.462. The number of amides is 1. The maximum Gasteiger partial charge on any atom is 0.251 e. The highest BCUT2D eigenvalue weighted by Gasteiger charge is 2.28. The molecule has 104 valence electrons. The molecular formula is C13H17F2N3O. The average molecular weight is 269 g/mol. The van der Waals surface area contributed by atoms with Crippen molar-refractivity contribution >= 4 is 11.6 Å². The van der Waals surface area contributed by atoms with Crippen LogP contribution in [0.2, 0.25) is 0 Å². The van der Waals surface area contributed by atoms with Gasteiger partial charge in [-0.1, -0.05) is 6.92 Å². The minimum atomic E-state index is -0.886. The minimum absolute atomic E-state index is 0.0444. The van der Waals surface area contributed by atoms with Gasteiger partial charge in [0.05, 0.1) is 0 Å². The van der Waals surface area contributed by atoms with E-state index in [-0.39, 0.29) is 5.56 Å². The van der Waals surface area contributed by atoms with Gasteiger partial charge in [0.15, 0.2) is 11.6 Å². The lowest BCUT2D eigenvalue weighted by atomic mass is 10.1. The Kier molecular flexibility index (Phi) is 3.99. The molecule has 0 aromatic heterocycles. The van der Waals surface area contributed by atoms with Gasteiger partial charge in [-0.25, -0.2) is 8.78 Å². The number of anilines is 1. The van der Waals surface area contributed by atoms with Gasteiger partial charge in [-0.05, 0) is 36.8 Å². The first-order valence-corrected chi connectivity index (χ1v) is 6.26. The van der Waals surface area contributed by atoms with Crippen molar-refractivity contribution in [2.45, 2.75) is 19.8 Å². The van der Waals surface area contributed by atoms with Crippen LogP contribution in [0.4, 0.5) is 14.5 Å². The maximum absolute atomic E-state index is 13.4. The van der Waals surface area contributed by atoms with Gasteiger partial charge in [0.2, 0.25) is 0 Å². The molecule has 19 heavy (non-hydrogen) atoms. The summed E-state index contributed by atoms with van der Waals surface area (Å²) in [7, 11) is 0. The first kappa shape index (κ1) is 13.7. The van der Waals surface area contributed by atoms with Gasteiger partial charge < -0.3 is 10.7 Å². The molecule has 1 fully saturated rings. The van der Waals surface area contributed by atoms with Crippen LogP contribution < -0.4 is 16.6 Å². The molecule has 0 radical (unpaired) electrons. The first-order valence-electron chi connectivity index (χ1n) is 6.26. The Morgan fingerprint density at radius 3 is 2.47 bits per heavy atom. The van der Waals surface area contributed by atoms with Crippen LogP contribution in [-0.2, 0) is 0 Å². The summed E-state index contributed by atoms with van der Waals surface area (Å²) in [5.41, 5.74) is 1.44. The zero-order valence-electron chi connectivity index (χ0n) is 10.7. The van der Waals surface area contributed by atoms with Crippen LogP contribution in [-0.4, -0.2) is 12.5 Å². The van der Waals surface area contributed by atoms with E-state index >= 15 is 0 Å². The lowest BCUT2D eigenvalue weighted by Crippen LogP contribution is -2.29. The molecule has 0 heterocycles. The van der Waals surface area contributed by atoms with E-state index in [0.717, 1.165) is 12.1 Å². The number of hydrazine groups is 1. The molecule has 1 aliphatic rings. The smallest absolute Gasteiger partial charge is 0.251 e. The van der Waals surface area contributed by atoms with E-state index in [1.54, 1.807) is 0 Å². The molecule has 6 heteroatoms. The third kappa shape index (κ3) is 3.20. The third-order valence-electron chi connectivity index (χ3n) is 3.46. The highest BCUT2D eigenvalue weighted by atomic mass is 19.1. The Balaban J connectivity index is 2.02. The topological polar surface area (TPSA) is 67.2 Å². The summed E-state index contributed by atoms with van der Waals surface area (Å²) < 4.78 is 26.9. The Morgan fingerprint density at radius 1 is 1.42 bits per heavy atom. The van der Waals surface area contributed by atoms with Gasteiger partial charge in [-0.2, -0.15) is 0 Å².